The van der Waals surface area contributed by atoms with Crippen LogP contribution in [0, 0.1) is 11.7 Å². The molecule has 0 saturated carbocycles. The van der Waals surface area contributed by atoms with E-state index < -0.39 is 5.97 Å². The number of esters is 1. The molecule has 0 bridgehead atoms. The largest absolute Gasteiger partial charge is 0.423 e. The van der Waals surface area contributed by atoms with Gasteiger partial charge in [0, 0.05) is 11.5 Å². The molecule has 0 amide bonds. The first kappa shape index (κ1) is 21.3. The molecule has 1 unspecified atom stereocenters. The lowest BCUT2D eigenvalue weighted by atomic mass is 9.80. The predicted octanol–water partition coefficient (Wildman–Crippen LogP) is 5.91. The zero-order chi connectivity index (χ0) is 21.6. The van der Waals surface area contributed by atoms with Crippen LogP contribution in [0.3, 0.4) is 0 Å². The highest BCUT2D eigenvalue weighted by molar-refractivity contribution is 5.91. The molecular weight excluding hydrogens is 389 g/mol. The van der Waals surface area contributed by atoms with Crippen LogP contribution in [0.5, 0.6) is 5.75 Å². The highest BCUT2D eigenvalue weighted by atomic mass is 19.1. The molecule has 1 saturated heterocycles. The number of hydrogen-bond acceptors (Lipinski definition) is 3. The molecule has 1 fully saturated rings. The van der Waals surface area contributed by atoms with Gasteiger partial charge in [0.05, 0.1) is 5.56 Å². The summed E-state index contributed by atoms with van der Waals surface area (Å²) in [6.07, 6.45) is 3.14. The van der Waals surface area contributed by atoms with Crippen LogP contribution in [-0.4, -0.2) is 31.0 Å². The van der Waals surface area contributed by atoms with E-state index >= 15 is 0 Å². The minimum Gasteiger partial charge on any atom is -0.423 e. The van der Waals surface area contributed by atoms with Gasteiger partial charge in [-0.1, -0.05) is 48.5 Å². The van der Waals surface area contributed by atoms with Gasteiger partial charge in [-0.25, -0.2) is 9.18 Å². The molecule has 0 spiro atoms. The van der Waals surface area contributed by atoms with Gasteiger partial charge in [-0.15, -0.1) is 0 Å². The third kappa shape index (κ3) is 5.39. The molecule has 3 aromatic carbocycles. The van der Waals surface area contributed by atoms with Crippen LogP contribution < -0.4 is 4.74 Å². The summed E-state index contributed by atoms with van der Waals surface area (Å²) < 4.78 is 20.1. The van der Waals surface area contributed by atoms with E-state index in [0.29, 0.717) is 17.2 Å². The third-order valence-electron chi connectivity index (χ3n) is 6.17. The standard InChI is InChI=1S/C27H28FNO2/c1-29-16-14-20(15-17-29)18-24(21-8-4-2-5-9-21)25-19-23(28)12-13-26(25)31-27(30)22-10-6-3-7-11-22/h2-13,19-20,24H,14-18H2,1H3. The van der Waals surface area contributed by atoms with Crippen molar-refractivity contribution in [2.45, 2.75) is 25.2 Å². The van der Waals surface area contributed by atoms with Crippen molar-refractivity contribution in [3.63, 3.8) is 0 Å². The monoisotopic (exact) mass is 417 g/mol. The summed E-state index contributed by atoms with van der Waals surface area (Å²) in [7, 11) is 2.15. The van der Waals surface area contributed by atoms with Gasteiger partial charge in [0.2, 0.25) is 0 Å². The van der Waals surface area contributed by atoms with E-state index in [4.69, 9.17) is 4.74 Å². The van der Waals surface area contributed by atoms with Crippen LogP contribution in [0.2, 0.25) is 0 Å². The highest BCUT2D eigenvalue weighted by Gasteiger charge is 2.26. The molecule has 1 heterocycles. The number of nitrogens with zero attached hydrogens (tertiary/aromatic N) is 1. The summed E-state index contributed by atoms with van der Waals surface area (Å²) in [4.78, 5) is 15.1. The van der Waals surface area contributed by atoms with Gasteiger partial charge >= 0.3 is 5.97 Å². The number of ether oxygens (including phenoxy) is 1. The lowest BCUT2D eigenvalue weighted by Gasteiger charge is -2.32. The molecule has 0 aromatic heterocycles. The summed E-state index contributed by atoms with van der Waals surface area (Å²) in [5.41, 5.74) is 2.32. The van der Waals surface area contributed by atoms with Gasteiger partial charge in [-0.2, -0.15) is 0 Å². The fourth-order valence-electron chi connectivity index (χ4n) is 4.38. The molecule has 4 heteroatoms. The lowest BCUT2D eigenvalue weighted by molar-refractivity contribution is 0.0732. The van der Waals surface area contributed by atoms with Crippen LogP contribution in [0.4, 0.5) is 4.39 Å². The first-order valence-electron chi connectivity index (χ1n) is 10.9. The minimum atomic E-state index is -0.431. The van der Waals surface area contributed by atoms with Gasteiger partial charge in [0.1, 0.15) is 11.6 Å². The maximum atomic E-state index is 14.4. The van der Waals surface area contributed by atoms with Crippen molar-refractivity contribution in [1.82, 2.24) is 4.90 Å². The van der Waals surface area contributed by atoms with E-state index in [2.05, 4.69) is 24.1 Å². The first-order valence-corrected chi connectivity index (χ1v) is 10.9. The first-order chi connectivity index (χ1) is 15.1. The molecule has 3 nitrogen and oxygen atoms in total. The third-order valence-corrected chi connectivity index (χ3v) is 6.17. The van der Waals surface area contributed by atoms with Crippen molar-refractivity contribution >= 4 is 5.97 Å². The number of rotatable bonds is 6. The molecular formula is C27H28FNO2. The number of carbonyl (C=O) groups excluding carboxylic acids is 1. The van der Waals surface area contributed by atoms with Crippen LogP contribution in [-0.2, 0) is 0 Å². The van der Waals surface area contributed by atoms with Crippen LogP contribution >= 0.6 is 0 Å². The molecule has 160 valence electrons. The Hall–Kier alpha value is -2.98. The number of halogens is 1. The molecule has 1 aliphatic rings. The van der Waals surface area contributed by atoms with Crippen molar-refractivity contribution in [3.05, 3.63) is 101 Å². The normalized spacial score (nSPS) is 16.1. The van der Waals surface area contributed by atoms with Crippen LogP contribution in [0.1, 0.15) is 46.7 Å². The maximum absolute atomic E-state index is 14.4. The Labute approximate surface area is 183 Å². The summed E-state index contributed by atoms with van der Waals surface area (Å²) in [5, 5.41) is 0. The minimum absolute atomic E-state index is 0.0381. The van der Waals surface area contributed by atoms with Crippen LogP contribution in [0.15, 0.2) is 78.9 Å². The topological polar surface area (TPSA) is 29.5 Å². The Balaban J connectivity index is 1.67. The number of piperidine rings is 1. The molecule has 0 aliphatic carbocycles. The SMILES string of the molecule is CN1CCC(CC(c2ccccc2)c2cc(F)ccc2OC(=O)c2ccccc2)CC1. The summed E-state index contributed by atoms with van der Waals surface area (Å²) in [6, 6.07) is 23.5. The molecule has 3 aromatic rings. The second kappa shape index (κ2) is 9.88. The van der Waals surface area contributed by atoms with Gasteiger partial charge < -0.3 is 9.64 Å². The number of carbonyl (C=O) groups is 1. The highest BCUT2D eigenvalue weighted by Crippen LogP contribution is 2.39. The Morgan fingerprint density at radius 2 is 1.65 bits per heavy atom. The molecule has 1 atom stereocenters. The van der Waals surface area contributed by atoms with Crippen molar-refractivity contribution in [2.24, 2.45) is 5.92 Å². The van der Waals surface area contributed by atoms with Crippen molar-refractivity contribution < 1.29 is 13.9 Å². The van der Waals surface area contributed by atoms with E-state index in [-0.39, 0.29) is 11.7 Å². The average Bonchev–Trinajstić information content (AvgIpc) is 2.81. The van der Waals surface area contributed by atoms with Crippen molar-refractivity contribution in [1.29, 1.82) is 0 Å². The van der Waals surface area contributed by atoms with Gasteiger partial charge in [0.15, 0.2) is 0 Å². The molecule has 0 N–H and O–H groups in total. The lowest BCUT2D eigenvalue weighted by Crippen LogP contribution is -2.31. The van der Waals surface area contributed by atoms with Crippen molar-refractivity contribution in [3.8, 4) is 5.75 Å². The second-order valence-electron chi connectivity index (χ2n) is 8.38. The van der Waals surface area contributed by atoms with E-state index in [1.165, 1.54) is 12.1 Å². The number of likely N-dealkylation sites (tertiary alicyclic amines) is 1. The summed E-state index contributed by atoms with van der Waals surface area (Å²) in [5.74, 6) is 0.182. The van der Waals surface area contributed by atoms with E-state index in [9.17, 15) is 9.18 Å². The van der Waals surface area contributed by atoms with Crippen LogP contribution in [0.25, 0.3) is 0 Å². The fraction of sp³-hybridized carbons (Fsp3) is 0.296. The Morgan fingerprint density at radius 3 is 2.32 bits per heavy atom. The zero-order valence-corrected chi connectivity index (χ0v) is 17.8. The molecule has 4 rings (SSSR count). The molecule has 1 aliphatic heterocycles. The van der Waals surface area contributed by atoms with Gasteiger partial charge in [-0.3, -0.25) is 0 Å². The summed E-state index contributed by atoms with van der Waals surface area (Å²) >= 11 is 0. The second-order valence-corrected chi connectivity index (χ2v) is 8.38. The van der Waals surface area contributed by atoms with E-state index in [1.54, 1.807) is 30.3 Å². The van der Waals surface area contributed by atoms with Gasteiger partial charge in [0.25, 0.3) is 0 Å². The van der Waals surface area contributed by atoms with E-state index in [1.807, 2.05) is 24.3 Å². The maximum Gasteiger partial charge on any atom is 0.343 e. The molecule has 0 radical (unpaired) electrons. The van der Waals surface area contributed by atoms with Gasteiger partial charge in [-0.05, 0) is 81.2 Å². The zero-order valence-electron chi connectivity index (χ0n) is 17.8. The Bertz CT molecular complexity index is 998. The molecule has 31 heavy (non-hydrogen) atoms. The number of hydrogen-bond donors (Lipinski definition) is 0. The summed E-state index contributed by atoms with van der Waals surface area (Å²) in [6.45, 7) is 2.15. The smallest absolute Gasteiger partial charge is 0.343 e. The quantitative estimate of drug-likeness (QED) is 0.369. The van der Waals surface area contributed by atoms with Crippen molar-refractivity contribution in [2.75, 3.05) is 20.1 Å². The Morgan fingerprint density at radius 1 is 1.00 bits per heavy atom. The van der Waals surface area contributed by atoms with E-state index in [0.717, 1.165) is 43.5 Å². The average molecular weight is 418 g/mol. The number of benzene rings is 3. The Kier molecular flexibility index (Phi) is 6.78. The predicted molar refractivity (Wildman–Crippen MR) is 121 cm³/mol. The fourth-order valence-corrected chi connectivity index (χ4v) is 4.38.